The van der Waals surface area contributed by atoms with E-state index in [9.17, 15) is 13.2 Å². The number of hydrogen-bond acceptors (Lipinski definition) is 3. The average Bonchev–Trinajstić information content (AvgIpc) is 2.34. The number of benzene rings is 1. The Labute approximate surface area is 118 Å². The highest BCUT2D eigenvalue weighted by Gasteiger charge is 2.21. The summed E-state index contributed by atoms with van der Waals surface area (Å²) in [4.78, 5) is 14.5. The van der Waals surface area contributed by atoms with Crippen LogP contribution in [0.25, 0.3) is 6.08 Å². The summed E-state index contributed by atoms with van der Waals surface area (Å²) in [5.41, 5.74) is 0.731. The maximum atomic E-state index is 13.6. The van der Waals surface area contributed by atoms with Crippen molar-refractivity contribution >= 4 is 34.4 Å². The molecule has 2 rings (SSSR count). The van der Waals surface area contributed by atoms with Gasteiger partial charge >= 0.3 is 0 Å². The van der Waals surface area contributed by atoms with Crippen molar-refractivity contribution in [1.82, 2.24) is 4.90 Å². The van der Waals surface area contributed by atoms with Crippen molar-refractivity contribution < 1.29 is 13.2 Å². The molecule has 3 nitrogen and oxygen atoms in total. The third-order valence-electron chi connectivity index (χ3n) is 2.83. The molecule has 1 fully saturated rings. The average molecular weight is 301 g/mol. The Bertz CT molecular complexity index is 526. The number of halogens is 1. The van der Waals surface area contributed by atoms with Crippen molar-refractivity contribution in [2.24, 2.45) is 0 Å². The summed E-state index contributed by atoms with van der Waals surface area (Å²) < 4.78 is 23.0. The normalized spacial score (nSPS) is 23.3. The first-order chi connectivity index (χ1) is 8.88. The molecule has 1 aromatic carbocycles. The zero-order valence-corrected chi connectivity index (χ0v) is 12.4. The second-order valence-electron chi connectivity index (χ2n) is 4.43. The number of hydrogen-bond donors (Lipinski definition) is 1. The molecule has 1 N–H and O–H groups in total. The molecular formula is C13H16FNO2S2. The minimum absolute atomic E-state index is 0.0130. The minimum atomic E-state index is -3.22. The molecule has 1 aliphatic rings. The van der Waals surface area contributed by atoms with Crippen LogP contribution in [0.2, 0.25) is 0 Å². The monoisotopic (exact) mass is 301 g/mol. The first kappa shape index (κ1) is 14.4. The number of amides is 1. The topological polar surface area (TPSA) is 40.5 Å². The largest absolute Gasteiger partial charge is 0.340 e. The Morgan fingerprint density at radius 1 is 1.53 bits per heavy atom. The van der Waals surface area contributed by atoms with Gasteiger partial charge in [0.25, 0.3) is 5.91 Å². The number of thioether (sulfide) groups is 1. The van der Waals surface area contributed by atoms with Gasteiger partial charge in [-0.2, -0.15) is 3.89 Å². The smallest absolute Gasteiger partial charge is 0.260 e. The number of carbonyl (C=O) groups is 1. The molecule has 1 aliphatic heterocycles. The molecule has 6 heteroatoms. The van der Waals surface area contributed by atoms with Crippen molar-refractivity contribution in [3.8, 4) is 0 Å². The van der Waals surface area contributed by atoms with Gasteiger partial charge in [-0.3, -0.25) is 4.79 Å². The number of carbonyl (C=O) groups excluding carboxylic acids is 1. The van der Waals surface area contributed by atoms with Gasteiger partial charge in [0.1, 0.15) is 0 Å². The van der Waals surface area contributed by atoms with Crippen molar-refractivity contribution in [2.45, 2.75) is 4.90 Å². The Balaban J connectivity index is 2.30. The molecule has 1 atom stereocenters. The Hall–Kier alpha value is -0.980. The number of nitrogens with zero attached hydrogens (tertiary/aromatic N) is 1. The fraction of sp³-hybridized carbons (Fsp3) is 0.308. The van der Waals surface area contributed by atoms with Crippen LogP contribution in [0.5, 0.6) is 0 Å². The molecule has 1 aromatic rings. The van der Waals surface area contributed by atoms with E-state index < -0.39 is 10.7 Å². The Morgan fingerprint density at radius 2 is 2.26 bits per heavy atom. The van der Waals surface area contributed by atoms with Gasteiger partial charge in [0.15, 0.2) is 0 Å². The molecule has 0 aliphatic carbocycles. The van der Waals surface area contributed by atoms with Crippen LogP contribution in [0.4, 0.5) is 3.89 Å². The highest BCUT2D eigenvalue weighted by molar-refractivity contribution is 8.24. The van der Waals surface area contributed by atoms with Gasteiger partial charge in [-0.05, 0) is 23.8 Å². The van der Waals surface area contributed by atoms with E-state index in [1.165, 1.54) is 18.0 Å². The van der Waals surface area contributed by atoms with E-state index in [0.717, 1.165) is 17.9 Å². The highest BCUT2D eigenvalue weighted by Crippen LogP contribution is 2.50. The maximum absolute atomic E-state index is 13.6. The van der Waals surface area contributed by atoms with E-state index in [4.69, 9.17) is 0 Å². The predicted molar refractivity (Wildman–Crippen MR) is 80.0 cm³/mol. The molecule has 0 spiro atoms. The quantitative estimate of drug-likeness (QED) is 0.851. The fourth-order valence-electron chi connectivity index (χ4n) is 1.73. The summed E-state index contributed by atoms with van der Waals surface area (Å²) in [6.45, 7) is 0.740. The van der Waals surface area contributed by atoms with Crippen molar-refractivity contribution in [2.75, 3.05) is 25.6 Å². The van der Waals surface area contributed by atoms with Gasteiger partial charge in [0.2, 0.25) is 0 Å². The molecule has 104 valence electrons. The van der Waals surface area contributed by atoms with E-state index >= 15 is 0 Å². The molecule has 0 aromatic heterocycles. The van der Waals surface area contributed by atoms with E-state index in [1.54, 1.807) is 42.3 Å². The predicted octanol–water partition coefficient (Wildman–Crippen LogP) is 3.38. The molecular weight excluding hydrogens is 285 g/mol. The second-order valence-corrected chi connectivity index (χ2v) is 7.60. The first-order valence-corrected chi connectivity index (χ1v) is 8.67. The summed E-state index contributed by atoms with van der Waals surface area (Å²) in [5.74, 6) is 0.848. The summed E-state index contributed by atoms with van der Waals surface area (Å²) in [5, 5.41) is 0. The molecule has 0 saturated carbocycles. The van der Waals surface area contributed by atoms with Crippen molar-refractivity contribution in [3.05, 3.63) is 34.7 Å². The van der Waals surface area contributed by atoms with Crippen molar-refractivity contribution in [1.29, 1.82) is 0 Å². The van der Waals surface area contributed by atoms with Gasteiger partial charge in [-0.1, -0.05) is 12.1 Å². The van der Waals surface area contributed by atoms with Gasteiger partial charge in [-0.25, -0.2) is 0 Å². The Morgan fingerprint density at radius 3 is 2.95 bits per heavy atom. The standard InChI is InChI=1S/C13H16FNO2S2/c1-15-6-7-18-12(13(15)16)9-10-4-3-5-11(8-10)19(2,14)17/h3-5,8-9,17H,6-7H2,1-2H3/b12-9-. The maximum Gasteiger partial charge on any atom is 0.260 e. The van der Waals surface area contributed by atoms with Crippen LogP contribution in [0.15, 0.2) is 34.1 Å². The van der Waals surface area contributed by atoms with Gasteiger partial charge < -0.3 is 9.45 Å². The molecule has 1 saturated heterocycles. The molecule has 1 amide bonds. The fourth-order valence-corrected chi connectivity index (χ4v) is 3.50. The summed E-state index contributed by atoms with van der Waals surface area (Å²) in [6, 6.07) is 6.62. The lowest BCUT2D eigenvalue weighted by Gasteiger charge is -2.24. The van der Waals surface area contributed by atoms with E-state index in [2.05, 4.69) is 0 Å². The van der Waals surface area contributed by atoms with E-state index in [1.807, 2.05) is 0 Å². The van der Waals surface area contributed by atoms with E-state index in [-0.39, 0.29) is 10.8 Å². The zero-order valence-electron chi connectivity index (χ0n) is 10.8. The molecule has 1 unspecified atom stereocenters. The molecule has 19 heavy (non-hydrogen) atoms. The van der Waals surface area contributed by atoms with Gasteiger partial charge in [-0.15, -0.1) is 11.8 Å². The first-order valence-electron chi connectivity index (χ1n) is 5.78. The van der Waals surface area contributed by atoms with Gasteiger partial charge in [0.05, 0.1) is 4.91 Å². The lowest BCUT2D eigenvalue weighted by atomic mass is 10.2. The summed E-state index contributed by atoms with van der Waals surface area (Å²) >= 11 is 1.50. The van der Waals surface area contributed by atoms with Crippen LogP contribution in [0.3, 0.4) is 0 Å². The van der Waals surface area contributed by atoms with Crippen LogP contribution in [0.1, 0.15) is 5.56 Å². The molecule has 1 heterocycles. The van der Waals surface area contributed by atoms with Crippen LogP contribution >= 0.6 is 22.5 Å². The van der Waals surface area contributed by atoms with Crippen molar-refractivity contribution in [3.63, 3.8) is 0 Å². The SMILES string of the molecule is CN1CCS/C(=C\c2cccc(S(C)(O)F)c2)C1=O. The number of rotatable bonds is 2. The minimum Gasteiger partial charge on any atom is -0.340 e. The third-order valence-corrected chi connectivity index (χ3v) is 4.93. The van der Waals surface area contributed by atoms with Gasteiger partial charge in [0, 0.05) is 41.2 Å². The second kappa shape index (κ2) is 5.56. The van der Waals surface area contributed by atoms with Crippen LogP contribution in [-0.4, -0.2) is 41.0 Å². The Kier molecular flexibility index (Phi) is 4.23. The van der Waals surface area contributed by atoms with E-state index in [0.29, 0.717) is 4.91 Å². The summed E-state index contributed by atoms with van der Waals surface area (Å²) in [7, 11) is -1.46. The summed E-state index contributed by atoms with van der Waals surface area (Å²) in [6.07, 6.45) is 2.92. The van der Waals surface area contributed by atoms with Crippen LogP contribution in [-0.2, 0) is 4.79 Å². The van der Waals surface area contributed by atoms with Crippen LogP contribution < -0.4 is 0 Å². The van der Waals surface area contributed by atoms with Crippen LogP contribution in [0, 0.1) is 0 Å². The number of likely N-dealkylation sites (N-methyl/N-ethyl adjacent to an activating group) is 1. The molecule has 0 bridgehead atoms. The lowest BCUT2D eigenvalue weighted by molar-refractivity contribution is -0.125. The lowest BCUT2D eigenvalue weighted by Crippen LogP contribution is -2.33. The third kappa shape index (κ3) is 3.52. The highest BCUT2D eigenvalue weighted by atomic mass is 32.3. The zero-order chi connectivity index (χ0) is 14.0. The molecule has 0 radical (unpaired) electrons.